The van der Waals surface area contributed by atoms with Gasteiger partial charge < -0.3 is 14.9 Å². The maximum atomic E-state index is 10.8. The first-order valence-electron chi connectivity index (χ1n) is 9.27. The SMILES string of the molecule is CC(=CCC[C@]1(C)CCc2cc(O)cc(C)c2O1)CCC=C(C)C(=O)O. The van der Waals surface area contributed by atoms with Crippen molar-refractivity contribution in [3.63, 3.8) is 0 Å². The molecule has 1 heterocycles. The first-order valence-corrected chi connectivity index (χ1v) is 9.27. The van der Waals surface area contributed by atoms with Crippen molar-refractivity contribution in [1.29, 1.82) is 0 Å². The molecule has 0 spiro atoms. The van der Waals surface area contributed by atoms with Gasteiger partial charge in [0.05, 0.1) is 0 Å². The standard InChI is InChI=1S/C22H30O4/c1-15(7-5-9-16(2)21(24)25)8-6-11-22(4)12-10-18-14-19(23)13-17(3)20(18)26-22/h8-9,13-14,23H,5-7,10-12H2,1-4H3,(H,24,25)/t22-/m1/s1. The van der Waals surface area contributed by atoms with Gasteiger partial charge in [0.1, 0.15) is 17.1 Å². The van der Waals surface area contributed by atoms with Crippen molar-refractivity contribution in [1.82, 2.24) is 0 Å². The molecule has 2 rings (SSSR count). The first-order chi connectivity index (χ1) is 12.2. The fourth-order valence-electron chi connectivity index (χ4n) is 3.36. The number of aromatic hydroxyl groups is 1. The molecule has 0 aromatic heterocycles. The lowest BCUT2D eigenvalue weighted by Gasteiger charge is -2.36. The van der Waals surface area contributed by atoms with E-state index in [0.29, 0.717) is 11.3 Å². The molecule has 0 radical (unpaired) electrons. The summed E-state index contributed by atoms with van der Waals surface area (Å²) in [6.45, 7) is 7.85. The van der Waals surface area contributed by atoms with Crippen LogP contribution >= 0.6 is 0 Å². The van der Waals surface area contributed by atoms with Gasteiger partial charge >= 0.3 is 5.97 Å². The van der Waals surface area contributed by atoms with Gasteiger partial charge in [0.2, 0.25) is 0 Å². The maximum absolute atomic E-state index is 10.8. The van der Waals surface area contributed by atoms with Crippen LogP contribution in [0.4, 0.5) is 0 Å². The van der Waals surface area contributed by atoms with Gasteiger partial charge in [-0.15, -0.1) is 0 Å². The number of aliphatic carboxylic acids is 1. The van der Waals surface area contributed by atoms with Crippen LogP contribution in [0.3, 0.4) is 0 Å². The molecule has 0 amide bonds. The summed E-state index contributed by atoms with van der Waals surface area (Å²) in [5.41, 5.74) is 3.57. The zero-order valence-electron chi connectivity index (χ0n) is 16.3. The van der Waals surface area contributed by atoms with Gasteiger partial charge in [-0.05, 0) is 89.5 Å². The molecule has 0 fully saturated rings. The third-order valence-electron chi connectivity index (χ3n) is 5.10. The third-order valence-corrected chi connectivity index (χ3v) is 5.10. The molecular formula is C22H30O4. The number of carboxylic acid groups (broad SMARTS) is 1. The Kier molecular flexibility index (Phi) is 6.52. The lowest BCUT2D eigenvalue weighted by Crippen LogP contribution is -2.36. The molecule has 142 valence electrons. The van der Waals surface area contributed by atoms with E-state index in [1.807, 2.05) is 6.92 Å². The molecule has 1 aromatic carbocycles. The van der Waals surface area contributed by atoms with Crippen LogP contribution in [0.2, 0.25) is 0 Å². The van der Waals surface area contributed by atoms with Crippen LogP contribution in [0.15, 0.2) is 35.4 Å². The summed E-state index contributed by atoms with van der Waals surface area (Å²) >= 11 is 0. The van der Waals surface area contributed by atoms with Gasteiger partial charge in [0.15, 0.2) is 0 Å². The van der Waals surface area contributed by atoms with Crippen LogP contribution in [0, 0.1) is 6.92 Å². The molecule has 1 atom stereocenters. The fraction of sp³-hybridized carbons (Fsp3) is 0.500. The Morgan fingerprint density at radius 3 is 2.69 bits per heavy atom. The minimum absolute atomic E-state index is 0.189. The molecule has 4 heteroatoms. The van der Waals surface area contributed by atoms with E-state index in [4.69, 9.17) is 9.84 Å². The lowest BCUT2D eigenvalue weighted by atomic mass is 9.87. The second kappa shape index (κ2) is 8.43. The summed E-state index contributed by atoms with van der Waals surface area (Å²) in [5, 5.41) is 18.6. The van der Waals surface area contributed by atoms with E-state index in [9.17, 15) is 9.90 Å². The molecule has 26 heavy (non-hydrogen) atoms. The summed E-state index contributed by atoms with van der Waals surface area (Å²) in [5.74, 6) is 0.378. The number of phenolic OH excluding ortho intramolecular Hbond substituents is 1. The highest BCUT2D eigenvalue weighted by Gasteiger charge is 2.31. The number of phenols is 1. The average molecular weight is 358 g/mol. The smallest absolute Gasteiger partial charge is 0.330 e. The largest absolute Gasteiger partial charge is 0.508 e. The number of carbonyl (C=O) groups is 1. The number of hydrogen-bond acceptors (Lipinski definition) is 3. The molecule has 0 unspecified atom stereocenters. The van der Waals surface area contributed by atoms with E-state index < -0.39 is 5.97 Å². The maximum Gasteiger partial charge on any atom is 0.330 e. The second-order valence-corrected chi connectivity index (χ2v) is 7.62. The first kappa shape index (κ1) is 20.1. The van der Waals surface area contributed by atoms with E-state index in [0.717, 1.165) is 55.4 Å². The van der Waals surface area contributed by atoms with Crippen molar-refractivity contribution in [2.24, 2.45) is 0 Å². The number of aryl methyl sites for hydroxylation is 2. The molecule has 1 aliphatic rings. The molecule has 1 aromatic rings. The second-order valence-electron chi connectivity index (χ2n) is 7.62. The summed E-state index contributed by atoms with van der Waals surface area (Å²) in [7, 11) is 0. The van der Waals surface area contributed by atoms with Gasteiger partial charge in [-0.1, -0.05) is 17.7 Å². The molecule has 2 N–H and O–H groups in total. The predicted molar refractivity (Wildman–Crippen MR) is 104 cm³/mol. The molecule has 0 bridgehead atoms. The number of rotatable bonds is 7. The highest BCUT2D eigenvalue weighted by atomic mass is 16.5. The van der Waals surface area contributed by atoms with E-state index >= 15 is 0 Å². The van der Waals surface area contributed by atoms with E-state index in [1.54, 1.807) is 25.1 Å². The van der Waals surface area contributed by atoms with Gasteiger partial charge in [0.25, 0.3) is 0 Å². The fourth-order valence-corrected chi connectivity index (χ4v) is 3.36. The minimum Gasteiger partial charge on any atom is -0.508 e. The number of allylic oxidation sites excluding steroid dienone is 3. The highest BCUT2D eigenvalue weighted by Crippen LogP contribution is 2.39. The highest BCUT2D eigenvalue weighted by molar-refractivity contribution is 5.85. The quantitative estimate of drug-likeness (QED) is 0.511. The molecule has 0 saturated heterocycles. The predicted octanol–water partition coefficient (Wildman–Crippen LogP) is 5.32. The van der Waals surface area contributed by atoms with Crippen molar-refractivity contribution < 1.29 is 19.7 Å². The van der Waals surface area contributed by atoms with Crippen molar-refractivity contribution >= 4 is 5.97 Å². The van der Waals surface area contributed by atoms with Crippen LogP contribution < -0.4 is 4.74 Å². The van der Waals surface area contributed by atoms with Crippen LogP contribution in [0.5, 0.6) is 11.5 Å². The topological polar surface area (TPSA) is 66.8 Å². The Bertz CT molecular complexity index is 730. The Morgan fingerprint density at radius 2 is 2.00 bits per heavy atom. The molecule has 0 saturated carbocycles. The minimum atomic E-state index is -0.849. The third kappa shape index (κ3) is 5.38. The van der Waals surface area contributed by atoms with Gasteiger partial charge in [-0.25, -0.2) is 4.79 Å². The summed E-state index contributed by atoms with van der Waals surface area (Å²) in [6.07, 6.45) is 9.38. The van der Waals surface area contributed by atoms with Crippen molar-refractivity contribution in [3.8, 4) is 11.5 Å². The Labute approximate surface area is 156 Å². The van der Waals surface area contributed by atoms with Crippen LogP contribution in [0.1, 0.15) is 64.0 Å². The van der Waals surface area contributed by atoms with Crippen LogP contribution in [0.25, 0.3) is 0 Å². The lowest BCUT2D eigenvalue weighted by molar-refractivity contribution is -0.132. The van der Waals surface area contributed by atoms with Gasteiger partial charge in [0, 0.05) is 5.57 Å². The average Bonchev–Trinajstić information content (AvgIpc) is 2.55. The molecule has 0 aliphatic carbocycles. The number of carboxylic acids is 1. The van der Waals surface area contributed by atoms with Crippen LogP contribution in [-0.4, -0.2) is 21.8 Å². The molecule has 4 nitrogen and oxygen atoms in total. The monoisotopic (exact) mass is 358 g/mol. The van der Waals surface area contributed by atoms with Crippen molar-refractivity contribution in [2.75, 3.05) is 0 Å². The number of fused-ring (bicyclic) bond motifs is 1. The van der Waals surface area contributed by atoms with E-state index in [2.05, 4.69) is 19.9 Å². The summed E-state index contributed by atoms with van der Waals surface area (Å²) in [4.78, 5) is 10.8. The number of hydrogen-bond donors (Lipinski definition) is 2. The number of ether oxygens (including phenoxy) is 1. The van der Waals surface area contributed by atoms with Crippen LogP contribution in [-0.2, 0) is 11.2 Å². The van der Waals surface area contributed by atoms with Crippen molar-refractivity contribution in [3.05, 3.63) is 46.6 Å². The zero-order chi connectivity index (χ0) is 19.3. The van der Waals surface area contributed by atoms with E-state index in [1.165, 1.54) is 5.57 Å². The molecular weight excluding hydrogens is 328 g/mol. The normalized spacial score (nSPS) is 20.5. The van der Waals surface area contributed by atoms with E-state index in [-0.39, 0.29) is 5.60 Å². The zero-order valence-corrected chi connectivity index (χ0v) is 16.3. The van der Waals surface area contributed by atoms with Gasteiger partial charge in [-0.3, -0.25) is 0 Å². The summed E-state index contributed by atoms with van der Waals surface area (Å²) < 4.78 is 6.31. The Morgan fingerprint density at radius 1 is 1.27 bits per heavy atom. The Hall–Kier alpha value is -2.23. The summed E-state index contributed by atoms with van der Waals surface area (Å²) in [6, 6.07) is 3.56. The Balaban J connectivity index is 1.89. The number of benzene rings is 1. The van der Waals surface area contributed by atoms with Crippen molar-refractivity contribution in [2.45, 2.75) is 71.8 Å². The molecule has 1 aliphatic heterocycles. The van der Waals surface area contributed by atoms with Gasteiger partial charge in [-0.2, -0.15) is 0 Å².